The highest BCUT2D eigenvalue weighted by Crippen LogP contribution is 2.28. The Morgan fingerprint density at radius 3 is 2.96 bits per heavy atom. The number of carbonyl (C=O) groups is 1. The van der Waals surface area contributed by atoms with E-state index in [1.165, 1.54) is 6.33 Å². The van der Waals surface area contributed by atoms with E-state index in [2.05, 4.69) is 41.5 Å². The molecule has 2 aromatic heterocycles. The molecule has 9 heteroatoms. The van der Waals surface area contributed by atoms with Crippen LogP contribution in [0.4, 0.5) is 11.5 Å². The van der Waals surface area contributed by atoms with E-state index in [-0.39, 0.29) is 11.8 Å². The molecule has 24 heavy (non-hydrogen) atoms. The molecule has 0 spiro atoms. The number of benzene rings is 1. The SMILES string of the molecule is Cn1nnc2c(N3CC(C(=O)Nc4cccc(Br)c4)C3)ncnc21. The second kappa shape index (κ2) is 5.82. The van der Waals surface area contributed by atoms with Crippen molar-refractivity contribution < 1.29 is 4.79 Å². The lowest BCUT2D eigenvalue weighted by Crippen LogP contribution is -2.52. The zero-order valence-electron chi connectivity index (χ0n) is 12.8. The second-order valence-electron chi connectivity index (χ2n) is 5.68. The minimum Gasteiger partial charge on any atom is -0.353 e. The first-order chi connectivity index (χ1) is 11.6. The van der Waals surface area contributed by atoms with E-state index in [9.17, 15) is 4.79 Å². The second-order valence-corrected chi connectivity index (χ2v) is 6.60. The fraction of sp³-hybridized carbons (Fsp3) is 0.267. The molecule has 0 bridgehead atoms. The van der Waals surface area contributed by atoms with E-state index in [0.29, 0.717) is 24.3 Å². The highest BCUT2D eigenvalue weighted by Gasteiger charge is 2.35. The summed E-state index contributed by atoms with van der Waals surface area (Å²) in [6, 6.07) is 7.55. The van der Waals surface area contributed by atoms with Crippen molar-refractivity contribution in [1.82, 2.24) is 25.0 Å². The van der Waals surface area contributed by atoms with Gasteiger partial charge in [0.25, 0.3) is 0 Å². The summed E-state index contributed by atoms with van der Waals surface area (Å²) in [7, 11) is 1.79. The molecule has 1 saturated heterocycles. The maximum Gasteiger partial charge on any atom is 0.231 e. The van der Waals surface area contributed by atoms with Gasteiger partial charge in [0.1, 0.15) is 6.33 Å². The summed E-state index contributed by atoms with van der Waals surface area (Å²) in [5.74, 6) is 0.652. The fourth-order valence-electron chi connectivity index (χ4n) is 2.70. The van der Waals surface area contributed by atoms with Gasteiger partial charge in [-0.15, -0.1) is 5.10 Å². The molecule has 0 radical (unpaired) electrons. The predicted octanol–water partition coefficient (Wildman–Crippen LogP) is 1.60. The topological polar surface area (TPSA) is 88.8 Å². The van der Waals surface area contributed by atoms with Gasteiger partial charge in [-0.25, -0.2) is 14.6 Å². The highest BCUT2D eigenvalue weighted by atomic mass is 79.9. The highest BCUT2D eigenvalue weighted by molar-refractivity contribution is 9.10. The number of fused-ring (bicyclic) bond motifs is 1. The van der Waals surface area contributed by atoms with Crippen molar-refractivity contribution in [2.24, 2.45) is 13.0 Å². The van der Waals surface area contributed by atoms with Crippen LogP contribution in [-0.2, 0) is 11.8 Å². The Kier molecular flexibility index (Phi) is 3.64. The smallest absolute Gasteiger partial charge is 0.231 e. The van der Waals surface area contributed by atoms with Gasteiger partial charge in [-0.3, -0.25) is 4.79 Å². The molecule has 4 rings (SSSR count). The molecule has 0 saturated carbocycles. The van der Waals surface area contributed by atoms with Gasteiger partial charge in [0.05, 0.1) is 5.92 Å². The van der Waals surface area contributed by atoms with Crippen molar-refractivity contribution in [2.75, 3.05) is 23.3 Å². The van der Waals surface area contributed by atoms with Gasteiger partial charge in [-0.2, -0.15) is 0 Å². The van der Waals surface area contributed by atoms with Crippen LogP contribution in [-0.4, -0.2) is 44.0 Å². The molecule has 0 aliphatic carbocycles. The summed E-state index contributed by atoms with van der Waals surface area (Å²) in [5, 5.41) is 11.0. The van der Waals surface area contributed by atoms with Crippen LogP contribution < -0.4 is 10.2 Å². The van der Waals surface area contributed by atoms with E-state index in [4.69, 9.17) is 0 Å². The summed E-state index contributed by atoms with van der Waals surface area (Å²) in [5.41, 5.74) is 2.12. The maximum atomic E-state index is 12.3. The third-order valence-corrected chi connectivity index (χ3v) is 4.51. The fourth-order valence-corrected chi connectivity index (χ4v) is 3.10. The first kappa shape index (κ1) is 15.0. The van der Waals surface area contributed by atoms with Crippen molar-refractivity contribution in [3.63, 3.8) is 0 Å². The van der Waals surface area contributed by atoms with Crippen LogP contribution in [0.1, 0.15) is 0 Å². The molecular formula is C15H14BrN7O. The molecule has 0 atom stereocenters. The van der Waals surface area contributed by atoms with Crippen LogP contribution >= 0.6 is 15.9 Å². The standard InChI is InChI=1S/C15H14BrN7O/c1-22-13-12(20-21-22)14(18-8-17-13)23-6-9(7-23)15(24)19-11-4-2-3-10(16)5-11/h2-5,8-9H,6-7H2,1H3,(H,19,24). The van der Waals surface area contributed by atoms with Crippen molar-refractivity contribution in [2.45, 2.75) is 0 Å². The number of nitrogens with one attached hydrogen (secondary N) is 1. The van der Waals surface area contributed by atoms with Gasteiger partial charge in [-0.05, 0) is 18.2 Å². The third-order valence-electron chi connectivity index (χ3n) is 4.01. The molecular weight excluding hydrogens is 374 g/mol. The minimum atomic E-state index is -0.0781. The van der Waals surface area contributed by atoms with Crippen molar-refractivity contribution in [3.05, 3.63) is 35.1 Å². The normalized spacial score (nSPS) is 14.7. The molecule has 1 amide bonds. The number of carbonyl (C=O) groups excluding carboxylic acids is 1. The van der Waals surface area contributed by atoms with E-state index >= 15 is 0 Å². The number of nitrogens with zero attached hydrogens (tertiary/aromatic N) is 6. The number of hydrogen-bond acceptors (Lipinski definition) is 6. The van der Waals surface area contributed by atoms with Crippen LogP contribution in [0.25, 0.3) is 11.2 Å². The average molecular weight is 388 g/mol. The Labute approximate surface area is 146 Å². The van der Waals surface area contributed by atoms with E-state index < -0.39 is 0 Å². The number of amides is 1. The number of aryl methyl sites for hydroxylation is 1. The van der Waals surface area contributed by atoms with Crippen LogP contribution in [0.15, 0.2) is 35.1 Å². The van der Waals surface area contributed by atoms with Crippen LogP contribution in [0, 0.1) is 5.92 Å². The molecule has 1 aliphatic heterocycles. The predicted molar refractivity (Wildman–Crippen MR) is 92.6 cm³/mol. The molecule has 1 aliphatic rings. The molecule has 122 valence electrons. The van der Waals surface area contributed by atoms with Crippen molar-refractivity contribution >= 4 is 44.5 Å². The van der Waals surface area contributed by atoms with Gasteiger partial charge in [-0.1, -0.05) is 27.2 Å². The summed E-state index contributed by atoms with van der Waals surface area (Å²) in [6.07, 6.45) is 1.50. The Hall–Kier alpha value is -2.55. The number of anilines is 2. The zero-order chi connectivity index (χ0) is 16.7. The Balaban J connectivity index is 1.45. The van der Waals surface area contributed by atoms with E-state index in [0.717, 1.165) is 16.0 Å². The summed E-state index contributed by atoms with van der Waals surface area (Å²) >= 11 is 3.40. The molecule has 0 unspecified atom stereocenters. The molecule has 3 heterocycles. The lowest BCUT2D eigenvalue weighted by molar-refractivity contribution is -0.120. The Bertz CT molecular complexity index is 919. The molecule has 8 nitrogen and oxygen atoms in total. The van der Waals surface area contributed by atoms with Gasteiger partial charge in [0, 0.05) is 30.3 Å². The van der Waals surface area contributed by atoms with Crippen molar-refractivity contribution in [3.8, 4) is 0 Å². The quantitative estimate of drug-likeness (QED) is 0.733. The van der Waals surface area contributed by atoms with Gasteiger partial charge in [0.2, 0.25) is 5.91 Å². The molecule has 3 aromatic rings. The molecule has 1 aromatic carbocycles. The van der Waals surface area contributed by atoms with Gasteiger partial charge in [0.15, 0.2) is 17.0 Å². The molecule has 1 fully saturated rings. The maximum absolute atomic E-state index is 12.3. The lowest BCUT2D eigenvalue weighted by atomic mass is 9.99. The number of hydrogen-bond donors (Lipinski definition) is 1. The largest absolute Gasteiger partial charge is 0.353 e. The van der Waals surface area contributed by atoms with E-state index in [1.54, 1.807) is 11.7 Å². The number of rotatable bonds is 3. The van der Waals surface area contributed by atoms with E-state index in [1.807, 2.05) is 29.2 Å². The first-order valence-corrected chi connectivity index (χ1v) is 8.23. The molecule has 1 N–H and O–H groups in total. The minimum absolute atomic E-state index is 0.00814. The van der Waals surface area contributed by atoms with Gasteiger partial charge >= 0.3 is 0 Å². The number of aromatic nitrogens is 5. The summed E-state index contributed by atoms with van der Waals surface area (Å²) < 4.78 is 2.54. The summed E-state index contributed by atoms with van der Waals surface area (Å²) in [6.45, 7) is 1.20. The van der Waals surface area contributed by atoms with Crippen LogP contribution in [0.3, 0.4) is 0 Å². The lowest BCUT2D eigenvalue weighted by Gasteiger charge is -2.38. The monoisotopic (exact) mass is 387 g/mol. The van der Waals surface area contributed by atoms with Crippen LogP contribution in [0.5, 0.6) is 0 Å². The first-order valence-electron chi connectivity index (χ1n) is 7.43. The third kappa shape index (κ3) is 2.60. The van der Waals surface area contributed by atoms with Crippen LogP contribution in [0.2, 0.25) is 0 Å². The van der Waals surface area contributed by atoms with Crippen molar-refractivity contribution in [1.29, 1.82) is 0 Å². The number of halogens is 1. The Morgan fingerprint density at radius 2 is 2.17 bits per heavy atom. The van der Waals surface area contributed by atoms with Gasteiger partial charge < -0.3 is 10.2 Å². The average Bonchev–Trinajstić information content (AvgIpc) is 2.88. The Morgan fingerprint density at radius 1 is 1.33 bits per heavy atom. The zero-order valence-corrected chi connectivity index (χ0v) is 14.4. The summed E-state index contributed by atoms with van der Waals surface area (Å²) in [4.78, 5) is 22.8.